The first-order chi connectivity index (χ1) is 14.9. The maximum Gasteiger partial charge on any atom is 0.213 e. The number of aromatic nitrogens is 1. The number of rotatable bonds is 10. The highest BCUT2D eigenvalue weighted by Crippen LogP contribution is 2.34. The third-order valence-electron chi connectivity index (χ3n) is 5.67. The number of pyridine rings is 1. The molecule has 1 aromatic heterocycles. The van der Waals surface area contributed by atoms with E-state index in [1.807, 2.05) is 67.6 Å². The first-order valence-electron chi connectivity index (χ1n) is 10.8. The summed E-state index contributed by atoms with van der Waals surface area (Å²) in [6.07, 6.45) is 2.12. The van der Waals surface area contributed by atoms with E-state index in [0.717, 1.165) is 41.9 Å². The van der Waals surface area contributed by atoms with Crippen LogP contribution in [0.2, 0.25) is 5.02 Å². The summed E-state index contributed by atoms with van der Waals surface area (Å²) in [5.41, 5.74) is 2.47. The van der Waals surface area contributed by atoms with Gasteiger partial charge in [0.1, 0.15) is 12.2 Å². The van der Waals surface area contributed by atoms with Gasteiger partial charge in [-0.1, -0.05) is 67.4 Å². The zero-order valence-corrected chi connectivity index (χ0v) is 19.3. The van der Waals surface area contributed by atoms with Crippen molar-refractivity contribution in [3.8, 4) is 5.88 Å². The minimum absolute atomic E-state index is 0.414. The molecule has 0 bridgehead atoms. The van der Waals surface area contributed by atoms with Crippen LogP contribution in [0, 0.1) is 6.92 Å². The molecule has 0 fully saturated rings. The van der Waals surface area contributed by atoms with Gasteiger partial charge in [0.25, 0.3) is 0 Å². The number of aryl methyl sites for hydroxylation is 1. The van der Waals surface area contributed by atoms with Crippen LogP contribution in [0.1, 0.15) is 36.1 Å². The van der Waals surface area contributed by atoms with E-state index in [0.29, 0.717) is 23.9 Å². The second kappa shape index (κ2) is 10.8. The Labute approximate surface area is 190 Å². The van der Waals surface area contributed by atoms with E-state index in [2.05, 4.69) is 23.7 Å². The van der Waals surface area contributed by atoms with Gasteiger partial charge in [-0.05, 0) is 49.3 Å². The molecule has 1 atom stereocenters. The summed E-state index contributed by atoms with van der Waals surface area (Å²) in [4.78, 5) is 6.77. The smallest absolute Gasteiger partial charge is 0.213 e. The average molecular weight is 439 g/mol. The second-order valence-corrected chi connectivity index (χ2v) is 8.23. The lowest BCUT2D eigenvalue weighted by atomic mass is 9.82. The standard InChI is InChI=1S/C26H31ClN2O2/c1-4-29(5-2)16-17-31-25-15-12-23(19-28-25)26(30,22-10-6-20(3)7-11-22)18-21-8-13-24(27)14-9-21/h6-15,19,30H,4-5,16-18H2,1-3H3. The Balaban J connectivity index is 1.83. The third-order valence-corrected chi connectivity index (χ3v) is 5.92. The first kappa shape index (κ1) is 23.3. The van der Waals surface area contributed by atoms with Crippen molar-refractivity contribution in [2.75, 3.05) is 26.2 Å². The number of likely N-dealkylation sites (N-methyl/N-ethyl adjacent to an activating group) is 1. The lowest BCUT2D eigenvalue weighted by molar-refractivity contribution is 0.0806. The van der Waals surface area contributed by atoms with Gasteiger partial charge in [0.2, 0.25) is 5.88 Å². The summed E-state index contributed by atoms with van der Waals surface area (Å²) >= 11 is 6.04. The predicted molar refractivity (Wildman–Crippen MR) is 127 cm³/mol. The summed E-state index contributed by atoms with van der Waals surface area (Å²) in [5.74, 6) is 0.564. The number of nitrogens with zero attached hydrogens (tertiary/aromatic N) is 2. The number of aliphatic hydroxyl groups is 1. The van der Waals surface area contributed by atoms with Crippen LogP contribution in [-0.2, 0) is 12.0 Å². The molecule has 4 nitrogen and oxygen atoms in total. The summed E-state index contributed by atoms with van der Waals surface area (Å²) in [5, 5.41) is 12.5. The molecule has 0 radical (unpaired) electrons. The highest BCUT2D eigenvalue weighted by atomic mass is 35.5. The minimum atomic E-state index is -1.21. The van der Waals surface area contributed by atoms with Crippen LogP contribution in [0.3, 0.4) is 0 Å². The molecule has 31 heavy (non-hydrogen) atoms. The van der Waals surface area contributed by atoms with Gasteiger partial charge in [-0.3, -0.25) is 0 Å². The number of hydrogen-bond acceptors (Lipinski definition) is 4. The van der Waals surface area contributed by atoms with Crippen molar-refractivity contribution in [2.24, 2.45) is 0 Å². The van der Waals surface area contributed by atoms with Crippen LogP contribution in [0.5, 0.6) is 5.88 Å². The molecule has 164 valence electrons. The molecule has 0 aliphatic heterocycles. The van der Waals surface area contributed by atoms with Crippen molar-refractivity contribution >= 4 is 11.6 Å². The third kappa shape index (κ3) is 6.07. The second-order valence-electron chi connectivity index (χ2n) is 7.79. The first-order valence-corrected chi connectivity index (χ1v) is 11.2. The van der Waals surface area contributed by atoms with Crippen molar-refractivity contribution in [3.63, 3.8) is 0 Å². The fraction of sp³-hybridized carbons (Fsp3) is 0.346. The highest BCUT2D eigenvalue weighted by molar-refractivity contribution is 6.30. The molecule has 1 unspecified atom stereocenters. The van der Waals surface area contributed by atoms with Crippen molar-refractivity contribution in [2.45, 2.75) is 32.8 Å². The lowest BCUT2D eigenvalue weighted by Gasteiger charge is -2.29. The highest BCUT2D eigenvalue weighted by Gasteiger charge is 2.32. The molecule has 3 rings (SSSR count). The van der Waals surface area contributed by atoms with Crippen molar-refractivity contribution < 1.29 is 9.84 Å². The zero-order valence-electron chi connectivity index (χ0n) is 18.5. The largest absolute Gasteiger partial charge is 0.476 e. The van der Waals surface area contributed by atoms with Gasteiger partial charge in [0.05, 0.1) is 0 Å². The maximum absolute atomic E-state index is 11.9. The van der Waals surface area contributed by atoms with Gasteiger partial charge in [-0.2, -0.15) is 0 Å². The number of ether oxygens (including phenoxy) is 1. The summed E-state index contributed by atoms with van der Waals surface area (Å²) < 4.78 is 5.81. The molecule has 0 saturated heterocycles. The Morgan fingerprint density at radius 2 is 1.58 bits per heavy atom. The number of hydrogen-bond donors (Lipinski definition) is 1. The fourth-order valence-electron chi connectivity index (χ4n) is 3.63. The zero-order chi connectivity index (χ0) is 22.3. The quantitative estimate of drug-likeness (QED) is 0.470. The van der Waals surface area contributed by atoms with E-state index >= 15 is 0 Å². The van der Waals surface area contributed by atoms with Gasteiger partial charge < -0.3 is 14.7 Å². The lowest BCUT2D eigenvalue weighted by Crippen LogP contribution is -2.30. The molecular formula is C26H31ClN2O2. The van der Waals surface area contributed by atoms with Crippen LogP contribution in [0.25, 0.3) is 0 Å². The van der Waals surface area contributed by atoms with E-state index < -0.39 is 5.60 Å². The molecule has 0 aliphatic carbocycles. The fourth-order valence-corrected chi connectivity index (χ4v) is 3.75. The molecule has 3 aromatic rings. The molecule has 0 saturated carbocycles. The van der Waals surface area contributed by atoms with Gasteiger partial charge in [-0.15, -0.1) is 0 Å². The molecule has 0 spiro atoms. The van der Waals surface area contributed by atoms with Crippen LogP contribution in [-0.4, -0.2) is 41.2 Å². The Kier molecular flexibility index (Phi) is 8.08. The molecule has 1 N–H and O–H groups in total. The van der Waals surface area contributed by atoms with Crippen LogP contribution < -0.4 is 4.74 Å². The predicted octanol–water partition coefficient (Wildman–Crippen LogP) is 5.24. The van der Waals surface area contributed by atoms with Gasteiger partial charge in [0, 0.05) is 35.8 Å². The topological polar surface area (TPSA) is 45.6 Å². The Morgan fingerprint density at radius 3 is 2.16 bits per heavy atom. The van der Waals surface area contributed by atoms with Crippen molar-refractivity contribution in [1.82, 2.24) is 9.88 Å². The van der Waals surface area contributed by atoms with E-state index in [-0.39, 0.29) is 0 Å². The van der Waals surface area contributed by atoms with E-state index in [9.17, 15) is 5.11 Å². The molecule has 1 heterocycles. The Bertz CT molecular complexity index is 939. The molecule has 0 amide bonds. The summed E-state index contributed by atoms with van der Waals surface area (Å²) in [6.45, 7) is 9.77. The molecule has 2 aromatic carbocycles. The van der Waals surface area contributed by atoms with E-state index in [4.69, 9.17) is 16.3 Å². The molecule has 5 heteroatoms. The van der Waals surface area contributed by atoms with E-state index in [1.54, 1.807) is 6.20 Å². The summed E-state index contributed by atoms with van der Waals surface area (Å²) in [7, 11) is 0. The Hall–Kier alpha value is -2.40. The van der Waals surface area contributed by atoms with E-state index in [1.165, 1.54) is 0 Å². The van der Waals surface area contributed by atoms with Crippen LogP contribution in [0.15, 0.2) is 66.9 Å². The normalized spacial score (nSPS) is 13.2. The summed E-state index contributed by atoms with van der Waals surface area (Å²) in [6, 6.07) is 19.3. The van der Waals surface area contributed by atoms with Gasteiger partial charge in [-0.25, -0.2) is 4.98 Å². The van der Waals surface area contributed by atoms with Crippen molar-refractivity contribution in [1.29, 1.82) is 0 Å². The average Bonchev–Trinajstić information content (AvgIpc) is 2.79. The molecule has 0 aliphatic rings. The maximum atomic E-state index is 11.9. The Morgan fingerprint density at radius 1 is 0.935 bits per heavy atom. The van der Waals surface area contributed by atoms with Crippen LogP contribution in [0.4, 0.5) is 0 Å². The van der Waals surface area contributed by atoms with Gasteiger partial charge >= 0.3 is 0 Å². The number of halogens is 1. The van der Waals surface area contributed by atoms with Crippen LogP contribution >= 0.6 is 11.6 Å². The van der Waals surface area contributed by atoms with Gasteiger partial charge in [0.15, 0.2) is 0 Å². The SMILES string of the molecule is CCN(CC)CCOc1ccc(C(O)(Cc2ccc(Cl)cc2)c2ccc(C)cc2)cn1. The number of benzene rings is 2. The minimum Gasteiger partial charge on any atom is -0.476 e. The van der Waals surface area contributed by atoms with Crippen molar-refractivity contribution in [3.05, 3.63) is 94.1 Å². The molecular weight excluding hydrogens is 408 g/mol. The monoisotopic (exact) mass is 438 g/mol.